The van der Waals surface area contributed by atoms with Gasteiger partial charge in [0.25, 0.3) is 0 Å². The number of hydrogen-bond donors (Lipinski definition) is 1. The van der Waals surface area contributed by atoms with Crippen LogP contribution in [0.2, 0.25) is 5.02 Å². The van der Waals surface area contributed by atoms with E-state index in [2.05, 4.69) is 17.1 Å². The lowest BCUT2D eigenvalue weighted by atomic mass is 10.0. The van der Waals surface area contributed by atoms with E-state index >= 15 is 0 Å². The SMILES string of the molecule is CCCN(C(=O)Cc1ccc(Cl)cc1)C1CCNCC1. The van der Waals surface area contributed by atoms with Crippen LogP contribution < -0.4 is 5.32 Å². The molecule has 1 amide bonds. The van der Waals surface area contributed by atoms with Gasteiger partial charge in [0.1, 0.15) is 0 Å². The molecule has 1 aliphatic rings. The molecule has 0 unspecified atom stereocenters. The molecule has 0 aromatic heterocycles. The molecule has 1 heterocycles. The van der Waals surface area contributed by atoms with Crippen LogP contribution in [-0.2, 0) is 11.2 Å². The lowest BCUT2D eigenvalue weighted by Gasteiger charge is -2.34. The van der Waals surface area contributed by atoms with E-state index in [4.69, 9.17) is 11.6 Å². The summed E-state index contributed by atoms with van der Waals surface area (Å²) in [5.74, 6) is 0.237. The summed E-state index contributed by atoms with van der Waals surface area (Å²) in [6, 6.07) is 7.97. The quantitative estimate of drug-likeness (QED) is 0.906. The third-order valence-corrected chi connectivity index (χ3v) is 4.05. The fraction of sp³-hybridized carbons (Fsp3) is 0.562. The van der Waals surface area contributed by atoms with E-state index in [1.165, 1.54) is 0 Å². The zero-order valence-corrected chi connectivity index (χ0v) is 12.8. The van der Waals surface area contributed by atoms with Crippen LogP contribution in [0.5, 0.6) is 0 Å². The van der Waals surface area contributed by atoms with Gasteiger partial charge in [-0.3, -0.25) is 4.79 Å². The summed E-state index contributed by atoms with van der Waals surface area (Å²) in [4.78, 5) is 14.6. The zero-order valence-electron chi connectivity index (χ0n) is 12.1. The Kier molecular flexibility index (Phi) is 5.86. The molecule has 1 fully saturated rings. The number of amides is 1. The topological polar surface area (TPSA) is 32.3 Å². The van der Waals surface area contributed by atoms with Crippen molar-refractivity contribution in [2.24, 2.45) is 0 Å². The van der Waals surface area contributed by atoms with Crippen LogP contribution in [0, 0.1) is 0 Å². The molecule has 3 nitrogen and oxygen atoms in total. The number of carbonyl (C=O) groups excluding carboxylic acids is 1. The summed E-state index contributed by atoms with van der Waals surface area (Å²) in [5.41, 5.74) is 1.04. The van der Waals surface area contributed by atoms with Gasteiger partial charge in [0.2, 0.25) is 5.91 Å². The third kappa shape index (κ3) is 4.22. The van der Waals surface area contributed by atoms with Gasteiger partial charge < -0.3 is 10.2 Å². The van der Waals surface area contributed by atoms with Crippen LogP contribution in [0.15, 0.2) is 24.3 Å². The highest BCUT2D eigenvalue weighted by Gasteiger charge is 2.24. The van der Waals surface area contributed by atoms with Crippen molar-refractivity contribution in [1.82, 2.24) is 10.2 Å². The minimum atomic E-state index is 0.237. The van der Waals surface area contributed by atoms with Crippen molar-refractivity contribution < 1.29 is 4.79 Å². The van der Waals surface area contributed by atoms with Crippen molar-refractivity contribution in [3.05, 3.63) is 34.9 Å². The molecule has 1 N–H and O–H groups in total. The molecule has 1 saturated heterocycles. The second kappa shape index (κ2) is 7.65. The number of hydrogen-bond acceptors (Lipinski definition) is 2. The molecule has 0 radical (unpaired) electrons. The van der Waals surface area contributed by atoms with Crippen LogP contribution in [0.25, 0.3) is 0 Å². The first kappa shape index (κ1) is 15.3. The second-order valence-corrected chi connectivity index (χ2v) is 5.81. The Morgan fingerprint density at radius 1 is 1.30 bits per heavy atom. The van der Waals surface area contributed by atoms with Gasteiger partial charge in [-0.05, 0) is 50.0 Å². The van der Waals surface area contributed by atoms with E-state index in [1.54, 1.807) is 0 Å². The van der Waals surface area contributed by atoms with Gasteiger partial charge in [-0.25, -0.2) is 0 Å². The van der Waals surface area contributed by atoms with Crippen molar-refractivity contribution >= 4 is 17.5 Å². The Morgan fingerprint density at radius 2 is 1.95 bits per heavy atom. The van der Waals surface area contributed by atoms with Gasteiger partial charge in [0, 0.05) is 17.6 Å². The molecule has 2 rings (SSSR count). The predicted octanol–water partition coefficient (Wildman–Crippen LogP) is 2.87. The number of rotatable bonds is 5. The maximum absolute atomic E-state index is 12.6. The van der Waals surface area contributed by atoms with Crippen LogP contribution >= 0.6 is 11.6 Å². The molecule has 1 aromatic rings. The van der Waals surface area contributed by atoms with E-state index in [0.717, 1.165) is 44.5 Å². The molecule has 1 aliphatic heterocycles. The summed E-state index contributed by atoms with van der Waals surface area (Å²) in [7, 11) is 0. The maximum atomic E-state index is 12.6. The minimum Gasteiger partial charge on any atom is -0.339 e. The van der Waals surface area contributed by atoms with E-state index in [0.29, 0.717) is 17.5 Å². The largest absolute Gasteiger partial charge is 0.339 e. The highest BCUT2D eigenvalue weighted by Crippen LogP contribution is 2.16. The molecule has 0 atom stereocenters. The lowest BCUT2D eigenvalue weighted by molar-refractivity contribution is -0.133. The first-order valence-electron chi connectivity index (χ1n) is 7.45. The Morgan fingerprint density at radius 3 is 2.55 bits per heavy atom. The molecule has 20 heavy (non-hydrogen) atoms. The molecular formula is C16H23ClN2O. The first-order chi connectivity index (χ1) is 9.70. The summed E-state index contributed by atoms with van der Waals surface area (Å²) in [6.07, 6.45) is 3.61. The Bertz CT molecular complexity index is 427. The standard InChI is InChI=1S/C16H23ClN2O/c1-2-11-19(15-7-9-18-10-8-15)16(20)12-13-3-5-14(17)6-4-13/h3-6,15,18H,2,7-12H2,1H3. The molecule has 4 heteroatoms. The molecule has 0 saturated carbocycles. The van der Waals surface area contributed by atoms with E-state index in [9.17, 15) is 4.79 Å². The number of benzene rings is 1. The van der Waals surface area contributed by atoms with Gasteiger partial charge in [-0.2, -0.15) is 0 Å². The number of nitrogens with zero attached hydrogens (tertiary/aromatic N) is 1. The van der Waals surface area contributed by atoms with Crippen LogP contribution in [0.3, 0.4) is 0 Å². The third-order valence-electron chi connectivity index (χ3n) is 3.80. The number of carbonyl (C=O) groups is 1. The normalized spacial score (nSPS) is 16.1. The predicted molar refractivity (Wildman–Crippen MR) is 83.1 cm³/mol. The number of piperidine rings is 1. The summed E-state index contributed by atoms with van der Waals surface area (Å²) in [6.45, 7) is 5.01. The monoisotopic (exact) mass is 294 g/mol. The van der Waals surface area contributed by atoms with Crippen molar-refractivity contribution in [1.29, 1.82) is 0 Å². The Labute approximate surface area is 126 Å². The van der Waals surface area contributed by atoms with Crippen LogP contribution in [0.1, 0.15) is 31.7 Å². The summed E-state index contributed by atoms with van der Waals surface area (Å²) < 4.78 is 0. The van der Waals surface area contributed by atoms with Crippen molar-refractivity contribution in [2.45, 2.75) is 38.6 Å². The highest BCUT2D eigenvalue weighted by molar-refractivity contribution is 6.30. The van der Waals surface area contributed by atoms with E-state index in [-0.39, 0.29) is 5.91 Å². The molecule has 0 bridgehead atoms. The van der Waals surface area contributed by atoms with Gasteiger partial charge in [0.05, 0.1) is 6.42 Å². The average molecular weight is 295 g/mol. The average Bonchev–Trinajstić information content (AvgIpc) is 2.48. The number of nitrogens with one attached hydrogen (secondary N) is 1. The van der Waals surface area contributed by atoms with Gasteiger partial charge in [-0.15, -0.1) is 0 Å². The Hall–Kier alpha value is -1.06. The van der Waals surface area contributed by atoms with Crippen LogP contribution in [-0.4, -0.2) is 36.5 Å². The molecule has 1 aromatic carbocycles. The lowest BCUT2D eigenvalue weighted by Crippen LogP contribution is -2.47. The zero-order chi connectivity index (χ0) is 14.4. The van der Waals surface area contributed by atoms with Gasteiger partial charge in [-0.1, -0.05) is 30.7 Å². The fourth-order valence-electron chi connectivity index (χ4n) is 2.75. The smallest absolute Gasteiger partial charge is 0.227 e. The van der Waals surface area contributed by atoms with E-state index in [1.807, 2.05) is 24.3 Å². The van der Waals surface area contributed by atoms with Gasteiger partial charge in [0.15, 0.2) is 0 Å². The molecular weight excluding hydrogens is 272 g/mol. The fourth-order valence-corrected chi connectivity index (χ4v) is 2.87. The van der Waals surface area contributed by atoms with E-state index < -0.39 is 0 Å². The van der Waals surface area contributed by atoms with Crippen LogP contribution in [0.4, 0.5) is 0 Å². The minimum absolute atomic E-state index is 0.237. The van der Waals surface area contributed by atoms with Crippen molar-refractivity contribution in [3.63, 3.8) is 0 Å². The maximum Gasteiger partial charge on any atom is 0.227 e. The first-order valence-corrected chi connectivity index (χ1v) is 7.83. The molecule has 0 aliphatic carbocycles. The number of halogens is 1. The van der Waals surface area contributed by atoms with Crippen molar-refractivity contribution in [3.8, 4) is 0 Å². The highest BCUT2D eigenvalue weighted by atomic mass is 35.5. The summed E-state index contributed by atoms with van der Waals surface area (Å²) >= 11 is 5.88. The van der Waals surface area contributed by atoms with Gasteiger partial charge >= 0.3 is 0 Å². The second-order valence-electron chi connectivity index (χ2n) is 5.37. The molecule has 110 valence electrons. The Balaban J connectivity index is 2.00. The van der Waals surface area contributed by atoms with Crippen molar-refractivity contribution in [2.75, 3.05) is 19.6 Å². The summed E-state index contributed by atoms with van der Waals surface area (Å²) in [5, 5.41) is 4.07. The molecule has 0 spiro atoms.